The Bertz CT molecular complexity index is 843. The first kappa shape index (κ1) is 16.6. The molecule has 0 bridgehead atoms. The fourth-order valence-electron chi connectivity index (χ4n) is 2.48. The zero-order chi connectivity index (χ0) is 17.6. The van der Waals surface area contributed by atoms with Crippen molar-refractivity contribution >= 4 is 5.91 Å². The molecule has 0 unspecified atom stereocenters. The molecule has 0 saturated carbocycles. The van der Waals surface area contributed by atoms with Crippen LogP contribution in [0.25, 0.3) is 5.69 Å². The Morgan fingerprint density at radius 3 is 2.68 bits per heavy atom. The van der Waals surface area contributed by atoms with Gasteiger partial charge in [0.2, 0.25) is 0 Å². The first-order chi connectivity index (χ1) is 12.2. The number of aromatic hydroxyl groups is 1. The number of nitrogens with zero attached hydrogens (tertiary/aromatic N) is 2. The molecule has 25 heavy (non-hydrogen) atoms. The second-order valence-electron chi connectivity index (χ2n) is 5.51. The van der Waals surface area contributed by atoms with Crippen LogP contribution in [0.15, 0.2) is 60.9 Å². The second kappa shape index (κ2) is 7.53. The standard InChI is InChI=1S/C19H19N3O3/c1-25-16-7-8-17(18(23)13-16)19(24)20-11-9-14-3-5-15(6-4-14)22-12-2-10-21-22/h2-8,10,12-13,23H,9,11H2,1H3,(H,20,24). The van der Waals surface area contributed by atoms with Gasteiger partial charge in [-0.05, 0) is 42.3 Å². The number of ether oxygens (including phenoxy) is 1. The van der Waals surface area contributed by atoms with Crippen molar-refractivity contribution in [2.45, 2.75) is 6.42 Å². The summed E-state index contributed by atoms with van der Waals surface area (Å²) in [4.78, 5) is 12.1. The van der Waals surface area contributed by atoms with Gasteiger partial charge in [0.1, 0.15) is 11.5 Å². The number of nitrogens with one attached hydrogen (secondary N) is 1. The van der Waals surface area contributed by atoms with E-state index in [0.717, 1.165) is 11.3 Å². The van der Waals surface area contributed by atoms with E-state index < -0.39 is 0 Å². The Hall–Kier alpha value is -3.28. The van der Waals surface area contributed by atoms with Gasteiger partial charge in [-0.2, -0.15) is 5.10 Å². The maximum atomic E-state index is 12.1. The number of amides is 1. The van der Waals surface area contributed by atoms with Crippen molar-refractivity contribution in [3.05, 3.63) is 72.1 Å². The molecule has 0 saturated heterocycles. The van der Waals surface area contributed by atoms with Gasteiger partial charge >= 0.3 is 0 Å². The van der Waals surface area contributed by atoms with E-state index in [1.54, 1.807) is 23.0 Å². The van der Waals surface area contributed by atoms with E-state index in [0.29, 0.717) is 18.7 Å². The summed E-state index contributed by atoms with van der Waals surface area (Å²) in [5.41, 5.74) is 2.32. The van der Waals surface area contributed by atoms with Crippen LogP contribution in [0, 0.1) is 0 Å². The fourth-order valence-corrected chi connectivity index (χ4v) is 2.48. The van der Waals surface area contributed by atoms with Crippen LogP contribution in [0.1, 0.15) is 15.9 Å². The van der Waals surface area contributed by atoms with Crippen molar-refractivity contribution in [2.75, 3.05) is 13.7 Å². The van der Waals surface area contributed by atoms with Gasteiger partial charge in [-0.3, -0.25) is 4.79 Å². The van der Waals surface area contributed by atoms with Crippen molar-refractivity contribution in [3.63, 3.8) is 0 Å². The zero-order valence-electron chi connectivity index (χ0n) is 13.8. The molecule has 1 aromatic heterocycles. The van der Waals surface area contributed by atoms with Crippen LogP contribution in [0.5, 0.6) is 11.5 Å². The number of rotatable bonds is 6. The number of methoxy groups -OCH3 is 1. The lowest BCUT2D eigenvalue weighted by Crippen LogP contribution is -2.25. The predicted octanol–water partition coefficient (Wildman–Crippen LogP) is 2.56. The molecule has 0 fully saturated rings. The first-order valence-electron chi connectivity index (χ1n) is 7.91. The molecule has 6 heteroatoms. The molecule has 2 N–H and O–H groups in total. The van der Waals surface area contributed by atoms with Crippen LogP contribution in [0.4, 0.5) is 0 Å². The Labute approximate surface area is 145 Å². The largest absolute Gasteiger partial charge is 0.507 e. The van der Waals surface area contributed by atoms with Crippen molar-refractivity contribution in [3.8, 4) is 17.2 Å². The molecule has 0 aliphatic heterocycles. The molecule has 0 aliphatic carbocycles. The molecule has 0 aliphatic rings. The molecule has 0 atom stereocenters. The highest BCUT2D eigenvalue weighted by Crippen LogP contribution is 2.23. The van der Waals surface area contributed by atoms with Crippen LogP contribution in [-0.2, 0) is 6.42 Å². The highest BCUT2D eigenvalue weighted by molar-refractivity contribution is 5.97. The van der Waals surface area contributed by atoms with Gasteiger partial charge in [0, 0.05) is 25.0 Å². The van der Waals surface area contributed by atoms with Gasteiger partial charge < -0.3 is 15.2 Å². The van der Waals surface area contributed by atoms with Gasteiger partial charge in [0.25, 0.3) is 5.91 Å². The predicted molar refractivity (Wildman–Crippen MR) is 94.3 cm³/mol. The lowest BCUT2D eigenvalue weighted by atomic mass is 10.1. The number of aromatic nitrogens is 2. The number of benzene rings is 2. The summed E-state index contributed by atoms with van der Waals surface area (Å²) in [6, 6.07) is 14.5. The fraction of sp³-hybridized carbons (Fsp3) is 0.158. The van der Waals surface area contributed by atoms with Gasteiger partial charge in [-0.1, -0.05) is 12.1 Å². The molecule has 0 radical (unpaired) electrons. The van der Waals surface area contributed by atoms with Crippen LogP contribution in [0.3, 0.4) is 0 Å². The lowest BCUT2D eigenvalue weighted by Gasteiger charge is -2.09. The van der Waals surface area contributed by atoms with E-state index in [1.165, 1.54) is 13.2 Å². The summed E-state index contributed by atoms with van der Waals surface area (Å²) >= 11 is 0. The van der Waals surface area contributed by atoms with Crippen LogP contribution in [-0.4, -0.2) is 34.4 Å². The van der Waals surface area contributed by atoms with E-state index in [9.17, 15) is 9.90 Å². The molecular weight excluding hydrogens is 318 g/mol. The normalized spacial score (nSPS) is 10.4. The van der Waals surface area contributed by atoms with Crippen LogP contribution >= 0.6 is 0 Å². The number of carbonyl (C=O) groups is 1. The minimum absolute atomic E-state index is 0.0968. The van der Waals surface area contributed by atoms with E-state index in [-0.39, 0.29) is 17.2 Å². The maximum Gasteiger partial charge on any atom is 0.255 e. The maximum absolute atomic E-state index is 12.1. The molecule has 1 amide bonds. The SMILES string of the molecule is COc1ccc(C(=O)NCCc2ccc(-n3cccn3)cc2)c(O)c1. The average Bonchev–Trinajstić information content (AvgIpc) is 3.16. The third-order valence-corrected chi connectivity index (χ3v) is 3.85. The van der Waals surface area contributed by atoms with Gasteiger partial charge in [0.15, 0.2) is 0 Å². The smallest absolute Gasteiger partial charge is 0.255 e. The van der Waals surface area contributed by atoms with Gasteiger partial charge in [-0.25, -0.2) is 4.68 Å². The van der Waals surface area contributed by atoms with E-state index in [1.807, 2.05) is 36.5 Å². The van der Waals surface area contributed by atoms with E-state index >= 15 is 0 Å². The van der Waals surface area contributed by atoms with Crippen molar-refractivity contribution in [1.29, 1.82) is 0 Å². The third kappa shape index (κ3) is 3.98. The molecule has 1 heterocycles. The minimum atomic E-state index is -0.312. The Morgan fingerprint density at radius 1 is 1.24 bits per heavy atom. The van der Waals surface area contributed by atoms with Crippen LogP contribution < -0.4 is 10.1 Å². The number of hydrogen-bond donors (Lipinski definition) is 2. The van der Waals surface area contributed by atoms with Crippen molar-refractivity contribution in [1.82, 2.24) is 15.1 Å². The Kier molecular flexibility index (Phi) is 4.99. The topological polar surface area (TPSA) is 76.4 Å². The summed E-state index contributed by atoms with van der Waals surface area (Å²) in [6.45, 7) is 0.478. The van der Waals surface area contributed by atoms with E-state index in [4.69, 9.17) is 4.74 Å². The molecule has 3 rings (SSSR count). The number of phenolic OH excluding ortho intramolecular Hbond substituents is 1. The summed E-state index contributed by atoms with van der Waals surface area (Å²) in [5.74, 6) is 0.0973. The summed E-state index contributed by atoms with van der Waals surface area (Å²) < 4.78 is 6.80. The Balaban J connectivity index is 1.55. The first-order valence-corrected chi connectivity index (χ1v) is 7.91. The van der Waals surface area contributed by atoms with Crippen LogP contribution in [0.2, 0.25) is 0 Å². The average molecular weight is 337 g/mol. The van der Waals surface area contributed by atoms with Gasteiger partial charge in [0.05, 0.1) is 18.4 Å². The molecule has 2 aromatic carbocycles. The highest BCUT2D eigenvalue weighted by Gasteiger charge is 2.11. The summed E-state index contributed by atoms with van der Waals surface area (Å²) in [5, 5.41) is 16.9. The molecule has 0 spiro atoms. The molecule has 3 aromatic rings. The lowest BCUT2D eigenvalue weighted by molar-refractivity contribution is 0.0951. The van der Waals surface area contributed by atoms with Gasteiger partial charge in [-0.15, -0.1) is 0 Å². The minimum Gasteiger partial charge on any atom is -0.507 e. The third-order valence-electron chi connectivity index (χ3n) is 3.85. The quantitative estimate of drug-likeness (QED) is 0.725. The second-order valence-corrected chi connectivity index (χ2v) is 5.51. The molecule has 128 valence electrons. The monoisotopic (exact) mass is 337 g/mol. The number of carbonyl (C=O) groups excluding carboxylic acids is 1. The highest BCUT2D eigenvalue weighted by atomic mass is 16.5. The molecule has 6 nitrogen and oxygen atoms in total. The Morgan fingerprint density at radius 2 is 2.04 bits per heavy atom. The van der Waals surface area contributed by atoms with E-state index in [2.05, 4.69) is 10.4 Å². The van der Waals surface area contributed by atoms with Crippen molar-refractivity contribution < 1.29 is 14.6 Å². The summed E-state index contributed by atoms with van der Waals surface area (Å²) in [7, 11) is 1.51. The van der Waals surface area contributed by atoms with Crippen molar-refractivity contribution in [2.24, 2.45) is 0 Å². The molecular formula is C19H19N3O3. The number of phenols is 1. The number of hydrogen-bond acceptors (Lipinski definition) is 4. The zero-order valence-corrected chi connectivity index (χ0v) is 13.8. The summed E-state index contributed by atoms with van der Waals surface area (Å²) in [6.07, 6.45) is 4.32.